The van der Waals surface area contributed by atoms with E-state index in [0.717, 1.165) is 23.7 Å². The van der Waals surface area contributed by atoms with Crippen molar-refractivity contribution in [3.05, 3.63) is 88.4 Å². The summed E-state index contributed by atoms with van der Waals surface area (Å²) in [6, 6.07) is 4.15. The summed E-state index contributed by atoms with van der Waals surface area (Å²) >= 11 is 1.27. The molecule has 0 saturated carbocycles. The zero-order valence-electron chi connectivity index (χ0n) is 36.5. The molecule has 18 nitrogen and oxygen atoms in total. The molecule has 65 heavy (non-hydrogen) atoms. The van der Waals surface area contributed by atoms with Crippen LogP contribution < -0.4 is 28.4 Å². The lowest BCUT2D eigenvalue weighted by Crippen LogP contribution is -2.69. The van der Waals surface area contributed by atoms with Crippen molar-refractivity contribution in [1.29, 1.82) is 5.26 Å². The smallest absolute Gasteiger partial charge is 0.504 e. The highest BCUT2D eigenvalue weighted by molar-refractivity contribution is 7.99. The minimum Gasteiger partial charge on any atom is -0.504 e. The van der Waals surface area contributed by atoms with Crippen molar-refractivity contribution < 1.29 is 66.9 Å². The number of nitriles is 1. The monoisotopic (exact) mass is 910 g/mol. The fourth-order valence-corrected chi connectivity index (χ4v) is 12.7. The Kier molecular flexibility index (Phi) is 11.0. The molecule has 1 amide bonds. The van der Waals surface area contributed by atoms with Crippen LogP contribution >= 0.6 is 11.8 Å². The third-order valence-electron chi connectivity index (χ3n) is 13.4. The predicted octanol–water partition coefficient (Wildman–Crippen LogP) is 5.93. The second-order valence-electron chi connectivity index (χ2n) is 16.4. The molecule has 2 fully saturated rings. The van der Waals surface area contributed by atoms with Gasteiger partial charge in [-0.15, -0.1) is 11.8 Å². The number of nitrogens with zero attached hydrogens (tertiary/aromatic N) is 4. The number of ether oxygens (including phenoxy) is 9. The number of carbonyl (C=O) groups excluding carboxylic acids is 4. The Balaban J connectivity index is 1.33. The van der Waals surface area contributed by atoms with Crippen LogP contribution in [0.5, 0.6) is 40.2 Å². The van der Waals surface area contributed by atoms with Gasteiger partial charge in [-0.1, -0.05) is 19.2 Å². The number of methoxy groups -OCH3 is 2. The molecule has 7 aliphatic rings. The summed E-state index contributed by atoms with van der Waals surface area (Å²) in [4.78, 5) is 60.8. The van der Waals surface area contributed by atoms with Crippen molar-refractivity contribution in [2.45, 2.75) is 74.6 Å². The van der Waals surface area contributed by atoms with E-state index >= 15 is 4.79 Å². The van der Waals surface area contributed by atoms with Gasteiger partial charge in [0.15, 0.2) is 40.0 Å². The van der Waals surface area contributed by atoms with Crippen molar-refractivity contribution in [3.63, 3.8) is 0 Å². The van der Waals surface area contributed by atoms with Gasteiger partial charge in [0.05, 0.1) is 50.1 Å². The molecule has 3 aromatic carbocycles. The Morgan fingerprint density at radius 3 is 2.42 bits per heavy atom. The van der Waals surface area contributed by atoms with E-state index in [-0.39, 0.29) is 55.1 Å². The maximum absolute atomic E-state index is 15.5. The average Bonchev–Trinajstić information content (AvgIpc) is 3.76. The predicted molar refractivity (Wildman–Crippen MR) is 229 cm³/mol. The Hall–Kier alpha value is -6.62. The van der Waals surface area contributed by atoms with Crippen molar-refractivity contribution in [2.24, 2.45) is 0 Å². The molecule has 7 aliphatic heterocycles. The Morgan fingerprint density at radius 1 is 0.969 bits per heavy atom. The number of piperazine rings is 1. The number of likely N-dealkylation sites (N-methyl/N-ethyl adjacent to an activating group) is 1. The molecule has 0 aromatic heterocycles. The Bertz CT molecular complexity index is 2630. The summed E-state index contributed by atoms with van der Waals surface area (Å²) in [6.45, 7) is 11.3. The number of hydrogen-bond donors (Lipinski definition) is 1. The first-order chi connectivity index (χ1) is 31.2. The number of fused-ring (bicyclic) bond motifs is 9. The third-order valence-corrected chi connectivity index (χ3v) is 14.9. The van der Waals surface area contributed by atoms with Gasteiger partial charge >= 0.3 is 24.2 Å². The van der Waals surface area contributed by atoms with Gasteiger partial charge in [-0.05, 0) is 68.1 Å². The SMILES string of the molecule is C=COC(=O)Oc1cc2c(cc1OC)[C@@]1(CS[C@@H]3c4c(OC(C)=O)c(C)c5c(c4[C@H](COC1=O)N1C3[C@@H]3c4c(cc(C)c(OC)c4O)C[C@@H]([C@@H]1C#N)N3C)OCO5)N(C(=O)OC=C)CC2. The molecule has 7 atom stereocenters. The molecular weight excluding hydrogens is 865 g/mol. The molecule has 1 unspecified atom stereocenters. The number of amides is 1. The summed E-state index contributed by atoms with van der Waals surface area (Å²) in [5.74, 6) is -0.446. The number of thioether (sulfide) groups is 1. The third kappa shape index (κ3) is 6.43. The van der Waals surface area contributed by atoms with Crippen molar-refractivity contribution in [2.75, 3.05) is 47.0 Å². The van der Waals surface area contributed by atoms with E-state index in [1.165, 1.54) is 43.9 Å². The van der Waals surface area contributed by atoms with Crippen LogP contribution in [0, 0.1) is 25.2 Å². The summed E-state index contributed by atoms with van der Waals surface area (Å²) in [5, 5.41) is 22.7. The molecule has 7 heterocycles. The molecular formula is C46H46N4O14S. The van der Waals surface area contributed by atoms with Crippen LogP contribution in [0.1, 0.15) is 68.8 Å². The summed E-state index contributed by atoms with van der Waals surface area (Å²) < 4.78 is 52.1. The summed E-state index contributed by atoms with van der Waals surface area (Å²) in [5.41, 5.74) is 2.60. The highest BCUT2D eigenvalue weighted by Gasteiger charge is 2.63. The van der Waals surface area contributed by atoms with Gasteiger partial charge in [-0.2, -0.15) is 5.26 Å². The normalized spacial score (nSPS) is 25.9. The van der Waals surface area contributed by atoms with Gasteiger partial charge in [0, 0.05) is 53.6 Å². The maximum atomic E-state index is 15.5. The fraction of sp³-hybridized carbons (Fsp3) is 0.413. The van der Waals surface area contributed by atoms with Crippen LogP contribution in [0.4, 0.5) is 9.59 Å². The van der Waals surface area contributed by atoms with Crippen LogP contribution in [-0.2, 0) is 42.2 Å². The molecule has 4 bridgehead atoms. The van der Waals surface area contributed by atoms with Crippen LogP contribution in [0.25, 0.3) is 0 Å². The molecule has 0 aliphatic carbocycles. The van der Waals surface area contributed by atoms with Crippen molar-refractivity contribution in [1.82, 2.24) is 14.7 Å². The topological polar surface area (TPSA) is 205 Å². The van der Waals surface area contributed by atoms with Gasteiger partial charge in [-0.25, -0.2) is 14.4 Å². The molecule has 19 heteroatoms. The van der Waals surface area contributed by atoms with Gasteiger partial charge < -0.3 is 47.7 Å². The van der Waals surface area contributed by atoms with Crippen LogP contribution in [-0.4, -0.2) is 109 Å². The van der Waals surface area contributed by atoms with Crippen molar-refractivity contribution >= 4 is 35.9 Å². The number of aryl methyl sites for hydroxylation is 1. The van der Waals surface area contributed by atoms with Crippen LogP contribution in [0.15, 0.2) is 43.9 Å². The average molecular weight is 911 g/mol. The molecule has 340 valence electrons. The van der Waals surface area contributed by atoms with Gasteiger partial charge in [0.2, 0.25) is 6.79 Å². The van der Waals surface area contributed by atoms with E-state index in [1.807, 2.05) is 20.0 Å². The number of esters is 2. The number of aromatic hydroxyl groups is 1. The zero-order chi connectivity index (χ0) is 46.2. The number of hydrogen-bond acceptors (Lipinski definition) is 18. The van der Waals surface area contributed by atoms with E-state index in [4.69, 9.17) is 42.6 Å². The van der Waals surface area contributed by atoms with E-state index in [9.17, 15) is 24.8 Å². The molecule has 1 spiro atoms. The first-order valence-corrected chi connectivity index (χ1v) is 21.8. The lowest BCUT2D eigenvalue weighted by atomic mass is 9.71. The number of phenolic OH excluding ortho intramolecular Hbond substituents is 1. The summed E-state index contributed by atoms with van der Waals surface area (Å²) in [7, 11) is 4.77. The van der Waals surface area contributed by atoms with E-state index in [2.05, 4.69) is 29.0 Å². The first kappa shape index (κ1) is 43.6. The summed E-state index contributed by atoms with van der Waals surface area (Å²) in [6.07, 6.45) is 0.506. The number of benzene rings is 3. The molecule has 0 radical (unpaired) electrons. The van der Waals surface area contributed by atoms with Gasteiger partial charge in [-0.3, -0.25) is 19.5 Å². The largest absolute Gasteiger partial charge is 0.518 e. The molecule has 1 N–H and O–H groups in total. The highest BCUT2D eigenvalue weighted by atomic mass is 32.2. The quantitative estimate of drug-likeness (QED) is 0.1000. The number of phenols is 1. The van der Waals surface area contributed by atoms with Crippen LogP contribution in [0.3, 0.4) is 0 Å². The Labute approximate surface area is 378 Å². The number of rotatable bonds is 6. The van der Waals surface area contributed by atoms with E-state index < -0.39 is 65.2 Å². The van der Waals surface area contributed by atoms with Crippen LogP contribution in [0.2, 0.25) is 0 Å². The second kappa shape index (κ2) is 16.4. The standard InChI is InChI=1S/C46H46N4O14S/c1-9-58-44(54)49-12-11-24-15-31(64-45(55)59-10-2)30(56-7)16-26(24)46(49)19-65-42-34-33(41-40(61-20-62-41)22(4)39(34)63-23(5)51)29(18-60-43(46)53)50-28(17-47)27-14-25-13-21(3)38(57-8)37(52)32(25)35(36(42)50)48(27)6/h9-10,13,15-16,27-29,35-36,42,52H,1-2,11-12,14,18-20H2,3-8H3/t27-,28-,29-,35-,36?,42+,46+/m0/s1. The molecule has 2 saturated heterocycles. The van der Waals surface area contributed by atoms with E-state index in [1.54, 1.807) is 13.0 Å². The fourth-order valence-electron chi connectivity index (χ4n) is 10.9. The molecule has 3 aromatic rings. The first-order valence-electron chi connectivity index (χ1n) is 20.8. The number of carbonyl (C=O) groups is 4. The second-order valence-corrected chi connectivity index (χ2v) is 17.6. The lowest BCUT2D eigenvalue weighted by Gasteiger charge is -2.62. The molecule has 10 rings (SSSR count). The highest BCUT2D eigenvalue weighted by Crippen LogP contribution is 2.65. The van der Waals surface area contributed by atoms with Crippen molar-refractivity contribution in [3.8, 4) is 46.3 Å². The Morgan fingerprint density at radius 2 is 1.72 bits per heavy atom. The van der Waals surface area contributed by atoms with E-state index in [0.29, 0.717) is 57.1 Å². The van der Waals surface area contributed by atoms with Gasteiger partial charge in [0.1, 0.15) is 18.4 Å². The maximum Gasteiger partial charge on any atom is 0.518 e. The van der Waals surface area contributed by atoms with Gasteiger partial charge in [0.25, 0.3) is 0 Å². The minimum absolute atomic E-state index is 0.0127. The lowest BCUT2D eigenvalue weighted by molar-refractivity contribution is -0.162. The zero-order valence-corrected chi connectivity index (χ0v) is 37.3. The minimum atomic E-state index is -1.95.